The molecular weight excluding hydrogens is 370 g/mol. The summed E-state index contributed by atoms with van der Waals surface area (Å²) in [7, 11) is 1.63. The van der Waals surface area contributed by atoms with Crippen LogP contribution in [0, 0.1) is 0 Å². The van der Waals surface area contributed by atoms with Crippen LogP contribution < -0.4 is 19.5 Å². The van der Waals surface area contributed by atoms with Crippen LogP contribution in [0.1, 0.15) is 27.8 Å². The average molecular weight is 389 g/mol. The lowest BCUT2D eigenvalue weighted by Crippen LogP contribution is -2.32. The highest BCUT2D eigenvalue weighted by atomic mass is 16.7. The summed E-state index contributed by atoms with van der Waals surface area (Å²) in [6.45, 7) is 0.663. The van der Waals surface area contributed by atoms with Gasteiger partial charge in [-0.1, -0.05) is 12.1 Å². The number of hydrogen-bond acceptors (Lipinski definition) is 6. The molecule has 3 heterocycles. The number of ether oxygens (including phenoxy) is 3. The third-order valence-electron chi connectivity index (χ3n) is 5.09. The topological polar surface area (TPSA) is 72.9 Å². The summed E-state index contributed by atoms with van der Waals surface area (Å²) in [4.78, 5) is 19.3. The highest BCUT2D eigenvalue weighted by Crippen LogP contribution is 2.38. The minimum atomic E-state index is -0.388. The van der Waals surface area contributed by atoms with Gasteiger partial charge in [0.2, 0.25) is 6.79 Å². The zero-order chi connectivity index (χ0) is 19.8. The monoisotopic (exact) mass is 389 g/mol. The normalized spacial score (nSPS) is 16.7. The molecule has 3 aromatic rings. The van der Waals surface area contributed by atoms with Gasteiger partial charge in [0.15, 0.2) is 11.5 Å². The molecule has 7 heteroatoms. The standard InChI is InChI=1S/C22H19N3O4/c1-27-16-7-4-14(5-8-16)12-25-21(20-17(22(25)26)3-2-10-23-20)24-15-6-9-18-19(11-15)29-13-28-18/h2-11,21,24H,12-13H2,1H3/t21-/m1/s1. The zero-order valence-electron chi connectivity index (χ0n) is 15.8. The number of carbonyl (C=O) groups is 1. The maximum absolute atomic E-state index is 13.1. The van der Waals surface area contributed by atoms with Gasteiger partial charge in [0.25, 0.3) is 5.91 Å². The van der Waals surface area contributed by atoms with E-state index in [1.165, 1.54) is 0 Å². The Hall–Kier alpha value is -3.74. The van der Waals surface area contributed by atoms with Crippen LogP contribution in [0.2, 0.25) is 0 Å². The summed E-state index contributed by atoms with van der Waals surface area (Å²) in [5.74, 6) is 2.12. The van der Waals surface area contributed by atoms with Crippen LogP contribution in [0.5, 0.6) is 17.2 Å². The van der Waals surface area contributed by atoms with Crippen molar-refractivity contribution < 1.29 is 19.0 Å². The SMILES string of the molecule is COc1ccc(CN2C(=O)c3cccnc3[C@@H]2Nc2ccc3c(c2)OCO3)cc1. The highest BCUT2D eigenvalue weighted by molar-refractivity contribution is 5.98. The summed E-state index contributed by atoms with van der Waals surface area (Å²) in [5.41, 5.74) is 3.15. The first-order valence-corrected chi connectivity index (χ1v) is 9.28. The van der Waals surface area contributed by atoms with Crippen LogP contribution in [-0.4, -0.2) is 29.7 Å². The molecule has 0 fully saturated rings. The third kappa shape index (κ3) is 3.10. The fourth-order valence-corrected chi connectivity index (χ4v) is 3.62. The van der Waals surface area contributed by atoms with Crippen molar-refractivity contribution in [2.75, 3.05) is 19.2 Å². The molecule has 1 N–H and O–H groups in total. The number of methoxy groups -OCH3 is 1. The molecule has 0 spiro atoms. The van der Waals surface area contributed by atoms with Gasteiger partial charge in [-0.25, -0.2) is 0 Å². The van der Waals surface area contributed by atoms with Crippen molar-refractivity contribution in [3.63, 3.8) is 0 Å². The number of fused-ring (bicyclic) bond motifs is 2. The first kappa shape index (κ1) is 17.4. The van der Waals surface area contributed by atoms with Crippen molar-refractivity contribution in [2.24, 2.45) is 0 Å². The maximum atomic E-state index is 13.1. The molecule has 0 saturated heterocycles. The van der Waals surface area contributed by atoms with E-state index in [1.54, 1.807) is 24.3 Å². The number of aromatic nitrogens is 1. The number of pyridine rings is 1. The van der Waals surface area contributed by atoms with Gasteiger partial charge in [-0.2, -0.15) is 0 Å². The van der Waals surface area contributed by atoms with Crippen molar-refractivity contribution >= 4 is 11.6 Å². The number of benzene rings is 2. The fourth-order valence-electron chi connectivity index (χ4n) is 3.62. The summed E-state index contributed by atoms with van der Waals surface area (Å²) in [5, 5.41) is 3.43. The zero-order valence-corrected chi connectivity index (χ0v) is 15.8. The number of nitrogens with one attached hydrogen (secondary N) is 1. The minimum absolute atomic E-state index is 0.0536. The second-order valence-corrected chi connectivity index (χ2v) is 6.83. The van der Waals surface area contributed by atoms with Crippen molar-refractivity contribution in [1.82, 2.24) is 9.88 Å². The van der Waals surface area contributed by atoms with E-state index in [2.05, 4.69) is 10.3 Å². The van der Waals surface area contributed by atoms with E-state index in [4.69, 9.17) is 14.2 Å². The van der Waals surface area contributed by atoms with E-state index in [1.807, 2.05) is 48.5 Å². The van der Waals surface area contributed by atoms with E-state index in [0.717, 1.165) is 17.0 Å². The molecule has 2 aromatic carbocycles. The summed E-state index contributed by atoms with van der Waals surface area (Å²) >= 11 is 0. The molecule has 0 aliphatic carbocycles. The van der Waals surface area contributed by atoms with Crippen LogP contribution >= 0.6 is 0 Å². The van der Waals surface area contributed by atoms with E-state index < -0.39 is 0 Å². The number of anilines is 1. The second-order valence-electron chi connectivity index (χ2n) is 6.83. The molecule has 7 nitrogen and oxygen atoms in total. The molecule has 5 rings (SSSR count). The Kier molecular flexibility index (Phi) is 4.20. The van der Waals surface area contributed by atoms with E-state index in [0.29, 0.717) is 29.3 Å². The largest absolute Gasteiger partial charge is 0.497 e. The highest BCUT2D eigenvalue weighted by Gasteiger charge is 2.38. The molecule has 2 aliphatic heterocycles. The van der Waals surface area contributed by atoms with Crippen LogP contribution in [0.4, 0.5) is 5.69 Å². The van der Waals surface area contributed by atoms with Gasteiger partial charge in [-0.3, -0.25) is 9.78 Å². The van der Waals surface area contributed by atoms with Crippen LogP contribution in [0.15, 0.2) is 60.8 Å². The van der Waals surface area contributed by atoms with Gasteiger partial charge in [0, 0.05) is 24.5 Å². The summed E-state index contributed by atoms with van der Waals surface area (Å²) in [6.07, 6.45) is 1.32. The van der Waals surface area contributed by atoms with Crippen molar-refractivity contribution in [3.8, 4) is 17.2 Å². The average Bonchev–Trinajstić information content (AvgIpc) is 3.33. The predicted molar refractivity (Wildman–Crippen MR) is 106 cm³/mol. The molecule has 0 radical (unpaired) electrons. The second kappa shape index (κ2) is 7.01. The molecule has 29 heavy (non-hydrogen) atoms. The summed E-state index contributed by atoms with van der Waals surface area (Å²) < 4.78 is 16.1. The molecule has 1 aromatic heterocycles. The number of carbonyl (C=O) groups excluding carboxylic acids is 1. The fraction of sp³-hybridized carbons (Fsp3) is 0.182. The van der Waals surface area contributed by atoms with Crippen LogP contribution in [0.25, 0.3) is 0 Å². The van der Waals surface area contributed by atoms with Gasteiger partial charge in [-0.05, 0) is 42.0 Å². The Morgan fingerprint density at radius 3 is 2.79 bits per heavy atom. The Morgan fingerprint density at radius 2 is 1.97 bits per heavy atom. The molecule has 146 valence electrons. The molecule has 2 aliphatic rings. The Labute approximate surface area is 167 Å². The quantitative estimate of drug-likeness (QED) is 0.719. The molecular formula is C22H19N3O4. The lowest BCUT2D eigenvalue weighted by atomic mass is 10.2. The number of rotatable bonds is 5. The number of nitrogens with zero attached hydrogens (tertiary/aromatic N) is 2. The molecule has 1 amide bonds. The van der Waals surface area contributed by atoms with Crippen molar-refractivity contribution in [1.29, 1.82) is 0 Å². The van der Waals surface area contributed by atoms with E-state index >= 15 is 0 Å². The lowest BCUT2D eigenvalue weighted by Gasteiger charge is -2.26. The number of amides is 1. The maximum Gasteiger partial charge on any atom is 0.258 e. The van der Waals surface area contributed by atoms with Gasteiger partial charge in [0.05, 0.1) is 18.4 Å². The first-order valence-electron chi connectivity index (χ1n) is 9.28. The van der Waals surface area contributed by atoms with E-state index in [-0.39, 0.29) is 18.9 Å². The van der Waals surface area contributed by atoms with Gasteiger partial charge in [-0.15, -0.1) is 0 Å². The predicted octanol–water partition coefficient (Wildman–Crippen LogP) is 3.59. The van der Waals surface area contributed by atoms with Crippen molar-refractivity contribution in [2.45, 2.75) is 12.7 Å². The molecule has 0 saturated carbocycles. The van der Waals surface area contributed by atoms with Crippen LogP contribution in [0.3, 0.4) is 0 Å². The van der Waals surface area contributed by atoms with Gasteiger partial charge < -0.3 is 24.4 Å². The van der Waals surface area contributed by atoms with Crippen molar-refractivity contribution in [3.05, 3.63) is 77.6 Å². The van der Waals surface area contributed by atoms with Gasteiger partial charge in [0.1, 0.15) is 11.9 Å². The van der Waals surface area contributed by atoms with Gasteiger partial charge >= 0.3 is 0 Å². The minimum Gasteiger partial charge on any atom is -0.497 e. The molecule has 0 unspecified atom stereocenters. The van der Waals surface area contributed by atoms with Crippen LogP contribution in [-0.2, 0) is 6.54 Å². The summed E-state index contributed by atoms with van der Waals surface area (Å²) in [6, 6.07) is 16.9. The third-order valence-corrected chi connectivity index (χ3v) is 5.09. The number of hydrogen-bond donors (Lipinski definition) is 1. The lowest BCUT2D eigenvalue weighted by molar-refractivity contribution is 0.0728. The Morgan fingerprint density at radius 1 is 1.14 bits per heavy atom. The molecule has 1 atom stereocenters. The van der Waals surface area contributed by atoms with E-state index in [9.17, 15) is 4.79 Å². The molecule has 0 bridgehead atoms. The first-order chi connectivity index (χ1) is 14.2. The Balaban J connectivity index is 1.46. The smallest absolute Gasteiger partial charge is 0.258 e. The Bertz CT molecular complexity index is 1070.